The number of aromatic nitrogens is 2. The van der Waals surface area contributed by atoms with Gasteiger partial charge in [-0.05, 0) is 23.9 Å². The maximum Gasteiger partial charge on any atom is 0.246 e. The van der Waals surface area contributed by atoms with E-state index in [0.717, 1.165) is 0 Å². The Morgan fingerprint density at radius 2 is 1.72 bits per heavy atom. The largest absolute Gasteiger partial charge is 0.246 e. The number of rotatable bonds is 3. The highest BCUT2D eigenvalue weighted by molar-refractivity contribution is 7.89. The van der Waals surface area contributed by atoms with Gasteiger partial charge in [0.1, 0.15) is 4.90 Å². The topological polar surface area (TPSA) is 63.2 Å². The van der Waals surface area contributed by atoms with E-state index >= 15 is 0 Å². The van der Waals surface area contributed by atoms with Crippen molar-refractivity contribution in [2.45, 2.75) is 38.6 Å². The SMILES string of the molecule is CC(N(C)S(=O)(=O)c1cnc(Cl)nc1)C(C)(C)C. The Morgan fingerprint density at radius 1 is 1.28 bits per heavy atom. The van der Waals surface area contributed by atoms with Crippen molar-refractivity contribution in [3.05, 3.63) is 17.7 Å². The molecule has 0 N–H and O–H groups in total. The highest BCUT2D eigenvalue weighted by Gasteiger charge is 2.32. The lowest BCUT2D eigenvalue weighted by atomic mass is 9.88. The molecule has 1 aromatic rings. The van der Waals surface area contributed by atoms with Gasteiger partial charge in [0, 0.05) is 13.1 Å². The van der Waals surface area contributed by atoms with Gasteiger partial charge in [0.25, 0.3) is 0 Å². The minimum Gasteiger partial charge on any atom is -0.225 e. The zero-order valence-electron chi connectivity index (χ0n) is 11.2. The molecule has 1 heterocycles. The van der Waals surface area contributed by atoms with Crippen molar-refractivity contribution in [2.75, 3.05) is 7.05 Å². The lowest BCUT2D eigenvalue weighted by Crippen LogP contribution is -2.42. The molecule has 0 aliphatic carbocycles. The highest BCUT2D eigenvalue weighted by atomic mass is 35.5. The van der Waals surface area contributed by atoms with Crippen LogP contribution in [0, 0.1) is 5.41 Å². The summed E-state index contributed by atoms with van der Waals surface area (Å²) in [6, 6.07) is -0.154. The minimum absolute atomic E-state index is 0.0282. The van der Waals surface area contributed by atoms with E-state index in [1.54, 1.807) is 7.05 Å². The third-order valence-electron chi connectivity index (χ3n) is 3.07. The summed E-state index contributed by atoms with van der Waals surface area (Å²) in [6.07, 6.45) is 2.44. The van der Waals surface area contributed by atoms with Gasteiger partial charge in [-0.15, -0.1) is 0 Å². The van der Waals surface area contributed by atoms with Gasteiger partial charge in [-0.3, -0.25) is 0 Å². The molecule has 0 radical (unpaired) electrons. The van der Waals surface area contributed by atoms with Gasteiger partial charge in [-0.2, -0.15) is 4.31 Å². The Morgan fingerprint density at radius 3 is 2.11 bits per heavy atom. The first kappa shape index (κ1) is 15.3. The summed E-state index contributed by atoms with van der Waals surface area (Å²) >= 11 is 5.55. The number of sulfonamides is 1. The number of hydrogen-bond acceptors (Lipinski definition) is 4. The summed E-state index contributed by atoms with van der Waals surface area (Å²) in [5.41, 5.74) is -0.158. The van der Waals surface area contributed by atoms with Gasteiger partial charge >= 0.3 is 0 Å². The lowest BCUT2D eigenvalue weighted by molar-refractivity contribution is 0.216. The van der Waals surface area contributed by atoms with E-state index in [1.165, 1.54) is 16.7 Å². The van der Waals surface area contributed by atoms with E-state index in [2.05, 4.69) is 9.97 Å². The van der Waals surface area contributed by atoms with Crippen LogP contribution in [0.1, 0.15) is 27.7 Å². The molecule has 0 saturated carbocycles. The first-order chi connectivity index (χ1) is 8.06. The molecule has 102 valence electrons. The molecular weight excluding hydrogens is 274 g/mol. The van der Waals surface area contributed by atoms with Gasteiger partial charge < -0.3 is 0 Å². The van der Waals surface area contributed by atoms with Crippen LogP contribution in [0.5, 0.6) is 0 Å². The van der Waals surface area contributed by atoms with Crippen LogP contribution in [0.3, 0.4) is 0 Å². The second-order valence-corrected chi connectivity index (χ2v) is 7.59. The van der Waals surface area contributed by atoms with Crippen LogP contribution >= 0.6 is 11.6 Å². The molecule has 0 saturated heterocycles. The molecular formula is C11H18ClN3O2S. The number of hydrogen-bond donors (Lipinski definition) is 0. The van der Waals surface area contributed by atoms with E-state index in [4.69, 9.17) is 11.6 Å². The Balaban J connectivity index is 3.11. The monoisotopic (exact) mass is 291 g/mol. The Kier molecular flexibility index (Phi) is 4.35. The Bertz CT molecular complexity index is 508. The molecule has 0 fully saturated rings. The zero-order chi connectivity index (χ0) is 14.1. The lowest BCUT2D eigenvalue weighted by Gasteiger charge is -2.34. The molecule has 1 unspecified atom stereocenters. The fraction of sp³-hybridized carbons (Fsp3) is 0.636. The minimum atomic E-state index is -3.59. The zero-order valence-corrected chi connectivity index (χ0v) is 12.7. The van der Waals surface area contributed by atoms with Crippen LogP contribution in [0.2, 0.25) is 5.28 Å². The second-order valence-electron chi connectivity index (χ2n) is 5.25. The van der Waals surface area contributed by atoms with E-state index in [0.29, 0.717) is 0 Å². The van der Waals surface area contributed by atoms with Crippen LogP contribution in [0.15, 0.2) is 17.3 Å². The molecule has 0 aliphatic rings. The average Bonchev–Trinajstić information content (AvgIpc) is 2.26. The third kappa shape index (κ3) is 3.18. The molecule has 1 atom stereocenters. The summed E-state index contributed by atoms with van der Waals surface area (Å²) in [6.45, 7) is 7.83. The number of nitrogens with zero attached hydrogens (tertiary/aromatic N) is 3. The van der Waals surface area contributed by atoms with Crippen molar-refractivity contribution in [2.24, 2.45) is 5.41 Å². The predicted octanol–water partition coefficient (Wildman–Crippen LogP) is 2.19. The van der Waals surface area contributed by atoms with Crippen LogP contribution in [-0.2, 0) is 10.0 Å². The van der Waals surface area contributed by atoms with Gasteiger partial charge in [0.2, 0.25) is 15.3 Å². The summed E-state index contributed by atoms with van der Waals surface area (Å²) in [5, 5.41) is 0.0282. The van der Waals surface area contributed by atoms with Crippen LogP contribution in [0.4, 0.5) is 0 Å². The summed E-state index contributed by atoms with van der Waals surface area (Å²) in [4.78, 5) is 7.44. The summed E-state index contributed by atoms with van der Waals surface area (Å²) < 4.78 is 26.0. The smallest absolute Gasteiger partial charge is 0.225 e. The second kappa shape index (κ2) is 5.11. The molecule has 1 aromatic heterocycles. The quantitative estimate of drug-likeness (QED) is 0.801. The standard InChI is InChI=1S/C11H18ClN3O2S/c1-8(11(2,3)4)15(5)18(16,17)9-6-13-10(12)14-7-9/h6-8H,1-5H3. The van der Waals surface area contributed by atoms with Crippen LogP contribution < -0.4 is 0 Å². The first-order valence-corrected chi connectivity index (χ1v) is 7.34. The molecule has 0 bridgehead atoms. The van der Waals surface area contributed by atoms with Crippen LogP contribution in [-0.4, -0.2) is 35.8 Å². The van der Waals surface area contributed by atoms with Gasteiger partial charge in [-0.1, -0.05) is 20.8 Å². The molecule has 0 aromatic carbocycles. The molecule has 1 rings (SSSR count). The van der Waals surface area contributed by atoms with Crippen molar-refractivity contribution in [3.8, 4) is 0 Å². The van der Waals surface area contributed by atoms with E-state index in [-0.39, 0.29) is 21.6 Å². The van der Waals surface area contributed by atoms with Gasteiger partial charge in [0.05, 0.1) is 12.4 Å². The van der Waals surface area contributed by atoms with E-state index in [9.17, 15) is 8.42 Å². The van der Waals surface area contributed by atoms with Crippen LogP contribution in [0.25, 0.3) is 0 Å². The van der Waals surface area contributed by atoms with Crippen molar-refractivity contribution < 1.29 is 8.42 Å². The summed E-state index contributed by atoms with van der Waals surface area (Å²) in [5.74, 6) is 0. The molecule has 0 amide bonds. The van der Waals surface area contributed by atoms with Gasteiger partial charge in [-0.25, -0.2) is 18.4 Å². The maximum atomic E-state index is 12.3. The van der Waals surface area contributed by atoms with Crippen molar-refractivity contribution >= 4 is 21.6 Å². The third-order valence-corrected chi connectivity index (χ3v) is 5.15. The van der Waals surface area contributed by atoms with Crippen molar-refractivity contribution in [1.82, 2.24) is 14.3 Å². The van der Waals surface area contributed by atoms with Crippen molar-refractivity contribution in [1.29, 1.82) is 0 Å². The molecule has 5 nitrogen and oxygen atoms in total. The Labute approximate surface area is 113 Å². The molecule has 7 heteroatoms. The number of halogens is 1. The molecule has 0 spiro atoms. The van der Waals surface area contributed by atoms with E-state index in [1.807, 2.05) is 27.7 Å². The summed E-state index contributed by atoms with van der Waals surface area (Å²) in [7, 11) is -2.03. The molecule has 18 heavy (non-hydrogen) atoms. The maximum absolute atomic E-state index is 12.3. The normalized spacial score (nSPS) is 14.8. The highest BCUT2D eigenvalue weighted by Crippen LogP contribution is 2.27. The Hall–Kier alpha value is -0.720. The van der Waals surface area contributed by atoms with Gasteiger partial charge in [0.15, 0.2) is 0 Å². The van der Waals surface area contributed by atoms with E-state index < -0.39 is 10.0 Å². The average molecular weight is 292 g/mol. The fourth-order valence-electron chi connectivity index (χ4n) is 1.35. The fourth-order valence-corrected chi connectivity index (χ4v) is 2.89. The molecule has 0 aliphatic heterocycles. The predicted molar refractivity (Wildman–Crippen MR) is 70.9 cm³/mol. The first-order valence-electron chi connectivity index (χ1n) is 5.52. The van der Waals surface area contributed by atoms with Crippen molar-refractivity contribution in [3.63, 3.8) is 0 Å².